The number of nitrogens with zero attached hydrogens (tertiary/aromatic N) is 3. The third kappa shape index (κ3) is 3.57. The van der Waals surface area contributed by atoms with Gasteiger partial charge in [0.15, 0.2) is 5.78 Å². The number of halogens is 1. The van der Waals surface area contributed by atoms with Crippen molar-refractivity contribution in [3.05, 3.63) is 65.0 Å². The Bertz CT molecular complexity index is 879. The van der Waals surface area contributed by atoms with Crippen LogP contribution < -0.4 is 4.90 Å². The molecule has 26 heavy (non-hydrogen) atoms. The molecule has 0 atom stereocenters. The molecule has 3 rings (SSSR count). The molecule has 1 aliphatic heterocycles. The minimum absolute atomic E-state index is 0.0398. The Morgan fingerprint density at radius 3 is 2.15 bits per heavy atom. The van der Waals surface area contributed by atoms with E-state index in [9.17, 15) is 14.0 Å². The molecule has 132 valence electrons. The van der Waals surface area contributed by atoms with Crippen molar-refractivity contribution in [2.45, 2.75) is 6.92 Å². The van der Waals surface area contributed by atoms with E-state index < -0.39 is 5.82 Å². The van der Waals surface area contributed by atoms with Crippen molar-refractivity contribution in [2.24, 2.45) is 0 Å². The van der Waals surface area contributed by atoms with Crippen molar-refractivity contribution in [2.75, 3.05) is 31.1 Å². The predicted octanol–water partition coefficient (Wildman–Crippen LogP) is 2.86. The summed E-state index contributed by atoms with van der Waals surface area (Å²) in [6.07, 6.45) is 0. The van der Waals surface area contributed by atoms with Gasteiger partial charge in [-0.25, -0.2) is 4.39 Å². The third-order valence-electron chi connectivity index (χ3n) is 4.52. The highest BCUT2D eigenvalue weighted by Crippen LogP contribution is 2.22. The summed E-state index contributed by atoms with van der Waals surface area (Å²) in [5, 5.41) is 8.82. The molecule has 0 saturated carbocycles. The number of benzene rings is 2. The second-order valence-electron chi connectivity index (χ2n) is 6.19. The van der Waals surface area contributed by atoms with Gasteiger partial charge in [-0.1, -0.05) is 12.1 Å². The molecule has 2 aromatic carbocycles. The van der Waals surface area contributed by atoms with Gasteiger partial charge in [0.05, 0.1) is 17.3 Å². The first-order valence-corrected chi connectivity index (χ1v) is 8.34. The molecule has 0 aliphatic carbocycles. The Kier molecular flexibility index (Phi) is 4.99. The molecule has 2 aromatic rings. The highest BCUT2D eigenvalue weighted by Gasteiger charge is 2.23. The molecule has 5 nitrogen and oxygen atoms in total. The largest absolute Gasteiger partial charge is 0.366 e. The number of anilines is 1. The van der Waals surface area contributed by atoms with Crippen molar-refractivity contribution in [1.82, 2.24) is 4.90 Å². The van der Waals surface area contributed by atoms with E-state index in [0.29, 0.717) is 43.0 Å². The predicted molar refractivity (Wildman–Crippen MR) is 95.7 cm³/mol. The first kappa shape index (κ1) is 17.6. The molecule has 0 radical (unpaired) electrons. The lowest BCUT2D eigenvalue weighted by atomic mass is 10.1. The average Bonchev–Trinajstić information content (AvgIpc) is 2.67. The van der Waals surface area contributed by atoms with E-state index in [4.69, 9.17) is 5.26 Å². The molecular formula is C20H18FN3O2. The van der Waals surface area contributed by atoms with E-state index in [1.165, 1.54) is 13.0 Å². The SMILES string of the molecule is CC(=O)c1ccc(C(=O)N2CCN(c3ccc(C#N)cc3F)CC2)cc1. The lowest BCUT2D eigenvalue weighted by Gasteiger charge is -2.36. The highest BCUT2D eigenvalue weighted by atomic mass is 19.1. The quantitative estimate of drug-likeness (QED) is 0.798. The van der Waals surface area contributed by atoms with Gasteiger partial charge in [-0.15, -0.1) is 0 Å². The zero-order valence-corrected chi connectivity index (χ0v) is 14.4. The summed E-state index contributed by atoms with van der Waals surface area (Å²) >= 11 is 0. The lowest BCUT2D eigenvalue weighted by molar-refractivity contribution is 0.0746. The second kappa shape index (κ2) is 7.36. The number of hydrogen-bond acceptors (Lipinski definition) is 4. The number of nitriles is 1. The van der Waals surface area contributed by atoms with Gasteiger partial charge in [-0.05, 0) is 37.3 Å². The Hall–Kier alpha value is -3.20. The Morgan fingerprint density at radius 2 is 1.62 bits per heavy atom. The van der Waals surface area contributed by atoms with Crippen LogP contribution in [-0.4, -0.2) is 42.8 Å². The van der Waals surface area contributed by atoms with E-state index >= 15 is 0 Å². The average molecular weight is 351 g/mol. The monoisotopic (exact) mass is 351 g/mol. The summed E-state index contributed by atoms with van der Waals surface area (Å²) in [7, 11) is 0. The van der Waals surface area contributed by atoms with Crippen LogP contribution in [0.1, 0.15) is 33.2 Å². The smallest absolute Gasteiger partial charge is 0.253 e. The van der Waals surface area contributed by atoms with Crippen molar-refractivity contribution in [3.63, 3.8) is 0 Å². The summed E-state index contributed by atoms with van der Waals surface area (Å²) < 4.78 is 14.1. The second-order valence-corrected chi connectivity index (χ2v) is 6.19. The zero-order chi connectivity index (χ0) is 18.7. The van der Waals surface area contributed by atoms with Gasteiger partial charge in [0, 0.05) is 37.3 Å². The molecule has 1 amide bonds. The molecule has 0 bridgehead atoms. The van der Waals surface area contributed by atoms with E-state index in [0.717, 1.165) is 0 Å². The van der Waals surface area contributed by atoms with Gasteiger partial charge in [-0.2, -0.15) is 5.26 Å². The van der Waals surface area contributed by atoms with Crippen LogP contribution in [0.5, 0.6) is 0 Å². The number of piperazine rings is 1. The van der Waals surface area contributed by atoms with E-state index in [2.05, 4.69) is 0 Å². The fraction of sp³-hybridized carbons (Fsp3) is 0.250. The third-order valence-corrected chi connectivity index (χ3v) is 4.52. The molecule has 0 unspecified atom stereocenters. The van der Waals surface area contributed by atoms with Crippen LogP contribution in [0.15, 0.2) is 42.5 Å². The maximum absolute atomic E-state index is 14.1. The number of amides is 1. The van der Waals surface area contributed by atoms with Crippen molar-refractivity contribution < 1.29 is 14.0 Å². The number of hydrogen-bond donors (Lipinski definition) is 0. The van der Waals surface area contributed by atoms with E-state index in [1.807, 2.05) is 11.0 Å². The molecular weight excluding hydrogens is 333 g/mol. The summed E-state index contributed by atoms with van der Waals surface area (Å²) in [5.74, 6) is -0.564. The standard InChI is InChI=1S/C20H18FN3O2/c1-14(25)16-3-5-17(6-4-16)20(26)24-10-8-23(9-11-24)19-7-2-15(13-22)12-18(19)21/h2-7,12H,8-11H2,1H3. The van der Waals surface area contributed by atoms with Crippen LogP contribution in [0, 0.1) is 17.1 Å². The normalized spacial score (nSPS) is 14.0. The van der Waals surface area contributed by atoms with Gasteiger partial charge < -0.3 is 9.80 Å². The first-order valence-electron chi connectivity index (χ1n) is 8.34. The number of rotatable bonds is 3. The van der Waals surface area contributed by atoms with Crippen molar-refractivity contribution in [3.8, 4) is 6.07 Å². The van der Waals surface area contributed by atoms with Gasteiger partial charge >= 0.3 is 0 Å². The van der Waals surface area contributed by atoms with E-state index in [1.54, 1.807) is 41.3 Å². The first-order chi connectivity index (χ1) is 12.5. The van der Waals surface area contributed by atoms with Crippen LogP contribution in [0.2, 0.25) is 0 Å². The van der Waals surface area contributed by atoms with Crippen LogP contribution in [-0.2, 0) is 0 Å². The summed E-state index contributed by atoms with van der Waals surface area (Å²) in [6.45, 7) is 3.47. The Labute approximate surface area is 151 Å². The van der Waals surface area contributed by atoms with E-state index in [-0.39, 0.29) is 17.3 Å². The number of ketones is 1. The van der Waals surface area contributed by atoms with Crippen LogP contribution in [0.25, 0.3) is 0 Å². The van der Waals surface area contributed by atoms with Crippen LogP contribution >= 0.6 is 0 Å². The lowest BCUT2D eigenvalue weighted by Crippen LogP contribution is -2.49. The molecule has 0 aromatic heterocycles. The van der Waals surface area contributed by atoms with Crippen LogP contribution in [0.4, 0.5) is 10.1 Å². The number of carbonyl (C=O) groups is 2. The molecule has 1 heterocycles. The fourth-order valence-corrected chi connectivity index (χ4v) is 3.01. The van der Waals surface area contributed by atoms with Crippen molar-refractivity contribution >= 4 is 17.4 Å². The molecule has 6 heteroatoms. The molecule has 0 N–H and O–H groups in total. The molecule has 0 spiro atoms. The summed E-state index contributed by atoms with van der Waals surface area (Å²) in [4.78, 5) is 27.5. The zero-order valence-electron chi connectivity index (χ0n) is 14.4. The van der Waals surface area contributed by atoms with Gasteiger partial charge in [-0.3, -0.25) is 9.59 Å². The molecule has 1 fully saturated rings. The molecule has 1 aliphatic rings. The Balaban J connectivity index is 1.65. The number of Topliss-reactive ketones (excluding diaryl/α,β-unsaturated/α-hetero) is 1. The molecule has 1 saturated heterocycles. The van der Waals surface area contributed by atoms with Gasteiger partial charge in [0.1, 0.15) is 5.82 Å². The minimum atomic E-state index is -0.427. The number of carbonyl (C=O) groups excluding carboxylic acids is 2. The highest BCUT2D eigenvalue weighted by molar-refractivity contribution is 5.97. The summed E-state index contributed by atoms with van der Waals surface area (Å²) in [5.41, 5.74) is 1.84. The maximum Gasteiger partial charge on any atom is 0.253 e. The van der Waals surface area contributed by atoms with Crippen LogP contribution in [0.3, 0.4) is 0 Å². The minimum Gasteiger partial charge on any atom is -0.366 e. The Morgan fingerprint density at radius 1 is 1.00 bits per heavy atom. The summed E-state index contributed by atoms with van der Waals surface area (Å²) in [6, 6.07) is 13.0. The van der Waals surface area contributed by atoms with Crippen molar-refractivity contribution in [1.29, 1.82) is 5.26 Å². The van der Waals surface area contributed by atoms with Gasteiger partial charge in [0.2, 0.25) is 0 Å². The maximum atomic E-state index is 14.1. The topological polar surface area (TPSA) is 64.4 Å². The van der Waals surface area contributed by atoms with Gasteiger partial charge in [0.25, 0.3) is 5.91 Å². The fourth-order valence-electron chi connectivity index (χ4n) is 3.01.